The molecule has 2 aromatic rings. The molecule has 0 spiro atoms. The van der Waals surface area contributed by atoms with Crippen molar-refractivity contribution < 1.29 is 14.3 Å². The number of nitrogens with zero attached hydrogens (tertiary/aromatic N) is 1. The van der Waals surface area contributed by atoms with E-state index in [2.05, 4.69) is 5.32 Å². The molecule has 2 amide bonds. The Morgan fingerprint density at radius 3 is 2.31 bits per heavy atom. The van der Waals surface area contributed by atoms with Crippen molar-refractivity contribution in [3.05, 3.63) is 59.2 Å². The third-order valence-electron chi connectivity index (χ3n) is 4.15. The van der Waals surface area contributed by atoms with Gasteiger partial charge in [-0.2, -0.15) is 0 Å². The van der Waals surface area contributed by atoms with Gasteiger partial charge in [-0.05, 0) is 56.5 Å². The first kappa shape index (κ1) is 19.5. The van der Waals surface area contributed by atoms with Crippen LogP contribution in [-0.2, 0) is 9.59 Å². The highest BCUT2D eigenvalue weighted by atomic mass is 16.5. The average molecular weight is 354 g/mol. The van der Waals surface area contributed by atoms with Crippen LogP contribution in [0, 0.1) is 20.8 Å². The normalized spacial score (nSPS) is 11.6. The minimum Gasteiger partial charge on any atom is -0.481 e. The van der Waals surface area contributed by atoms with Crippen molar-refractivity contribution in [1.82, 2.24) is 4.90 Å². The van der Waals surface area contributed by atoms with Crippen molar-refractivity contribution in [1.29, 1.82) is 0 Å². The van der Waals surface area contributed by atoms with Crippen LogP contribution in [0.5, 0.6) is 5.75 Å². The Balaban J connectivity index is 1.94. The summed E-state index contributed by atoms with van der Waals surface area (Å²) in [7, 11) is 1.60. The van der Waals surface area contributed by atoms with Crippen LogP contribution in [0.1, 0.15) is 23.6 Å². The molecule has 5 heteroatoms. The molecule has 26 heavy (non-hydrogen) atoms. The molecule has 0 aromatic heterocycles. The smallest absolute Gasteiger partial charge is 0.263 e. The number of likely N-dealkylation sites (N-methyl/N-ethyl adjacent to an activating group) is 1. The number of aryl methyl sites for hydroxylation is 3. The van der Waals surface area contributed by atoms with Gasteiger partial charge in [0.1, 0.15) is 5.75 Å². The van der Waals surface area contributed by atoms with Crippen LogP contribution < -0.4 is 10.1 Å². The van der Waals surface area contributed by atoms with Crippen LogP contribution in [0.3, 0.4) is 0 Å². The molecule has 0 aliphatic carbocycles. The Bertz CT molecular complexity index is 781. The first-order valence-electron chi connectivity index (χ1n) is 8.62. The molecule has 0 saturated carbocycles. The highest BCUT2D eigenvalue weighted by molar-refractivity contribution is 5.96. The third kappa shape index (κ3) is 5.09. The predicted molar refractivity (Wildman–Crippen MR) is 103 cm³/mol. The van der Waals surface area contributed by atoms with E-state index in [-0.39, 0.29) is 18.4 Å². The van der Waals surface area contributed by atoms with Crippen LogP contribution in [0.15, 0.2) is 42.5 Å². The van der Waals surface area contributed by atoms with Crippen LogP contribution in [0.2, 0.25) is 0 Å². The van der Waals surface area contributed by atoms with Gasteiger partial charge in [0.2, 0.25) is 5.91 Å². The van der Waals surface area contributed by atoms with Gasteiger partial charge >= 0.3 is 0 Å². The number of hydrogen-bond acceptors (Lipinski definition) is 3. The Labute approximate surface area is 155 Å². The second-order valence-electron chi connectivity index (χ2n) is 6.59. The standard InChI is InChI=1S/C21H26N2O3/c1-14-8-6-11-18(12-14)26-17(4)21(25)23(5)13-19(24)22-20-15(2)9-7-10-16(20)3/h6-12,17H,13H2,1-5H3,(H,22,24). The molecule has 1 atom stereocenters. The lowest BCUT2D eigenvalue weighted by Gasteiger charge is -2.22. The van der Waals surface area contributed by atoms with E-state index in [1.54, 1.807) is 14.0 Å². The Kier molecular flexibility index (Phi) is 6.39. The maximum absolute atomic E-state index is 12.5. The zero-order valence-corrected chi connectivity index (χ0v) is 16.0. The van der Waals surface area contributed by atoms with Gasteiger partial charge < -0.3 is 15.0 Å². The molecule has 0 bridgehead atoms. The molecule has 0 fully saturated rings. The molecule has 0 radical (unpaired) electrons. The van der Waals surface area contributed by atoms with Crippen molar-refractivity contribution in [3.8, 4) is 5.75 Å². The van der Waals surface area contributed by atoms with E-state index in [1.807, 2.05) is 63.2 Å². The van der Waals surface area contributed by atoms with Crippen molar-refractivity contribution in [3.63, 3.8) is 0 Å². The Morgan fingerprint density at radius 2 is 1.69 bits per heavy atom. The predicted octanol–water partition coefficient (Wildman–Crippen LogP) is 3.48. The molecular formula is C21H26N2O3. The summed E-state index contributed by atoms with van der Waals surface area (Å²) in [5.41, 5.74) is 3.83. The Morgan fingerprint density at radius 1 is 1.08 bits per heavy atom. The molecule has 5 nitrogen and oxygen atoms in total. The van der Waals surface area contributed by atoms with Crippen molar-refractivity contribution in [2.45, 2.75) is 33.8 Å². The number of amides is 2. The second-order valence-corrected chi connectivity index (χ2v) is 6.59. The van der Waals surface area contributed by atoms with E-state index in [0.717, 1.165) is 22.4 Å². The summed E-state index contributed by atoms with van der Waals surface area (Å²) >= 11 is 0. The highest BCUT2D eigenvalue weighted by Gasteiger charge is 2.21. The number of rotatable bonds is 6. The molecule has 0 saturated heterocycles. The number of para-hydroxylation sites is 1. The fourth-order valence-corrected chi connectivity index (χ4v) is 2.74. The maximum atomic E-state index is 12.5. The van der Waals surface area contributed by atoms with E-state index in [0.29, 0.717) is 5.75 Å². The number of hydrogen-bond donors (Lipinski definition) is 1. The summed E-state index contributed by atoms with van der Waals surface area (Å²) in [6.07, 6.45) is -0.671. The van der Waals surface area contributed by atoms with E-state index >= 15 is 0 Å². The van der Waals surface area contributed by atoms with Gasteiger partial charge in [-0.1, -0.05) is 30.3 Å². The number of nitrogens with one attached hydrogen (secondary N) is 1. The summed E-state index contributed by atoms with van der Waals surface area (Å²) < 4.78 is 5.69. The van der Waals surface area contributed by atoms with Crippen LogP contribution >= 0.6 is 0 Å². The fraction of sp³-hybridized carbons (Fsp3) is 0.333. The summed E-state index contributed by atoms with van der Waals surface area (Å²) in [6, 6.07) is 13.3. The monoisotopic (exact) mass is 354 g/mol. The summed E-state index contributed by atoms with van der Waals surface area (Å²) in [5, 5.41) is 2.89. The van der Waals surface area contributed by atoms with E-state index < -0.39 is 6.10 Å². The lowest BCUT2D eigenvalue weighted by atomic mass is 10.1. The quantitative estimate of drug-likeness (QED) is 0.864. The first-order chi connectivity index (χ1) is 12.3. The van der Waals surface area contributed by atoms with Gasteiger partial charge in [-0.25, -0.2) is 0 Å². The third-order valence-corrected chi connectivity index (χ3v) is 4.15. The summed E-state index contributed by atoms with van der Waals surface area (Å²) in [5.74, 6) is 0.156. The Hall–Kier alpha value is -2.82. The molecule has 0 aliphatic heterocycles. The van der Waals surface area contributed by atoms with Gasteiger partial charge in [-0.15, -0.1) is 0 Å². The average Bonchev–Trinajstić information content (AvgIpc) is 2.57. The molecule has 1 N–H and O–H groups in total. The number of carbonyl (C=O) groups excluding carboxylic acids is 2. The highest BCUT2D eigenvalue weighted by Crippen LogP contribution is 2.19. The zero-order valence-electron chi connectivity index (χ0n) is 16.0. The fourth-order valence-electron chi connectivity index (χ4n) is 2.74. The minimum atomic E-state index is -0.671. The second kappa shape index (κ2) is 8.52. The molecular weight excluding hydrogens is 328 g/mol. The molecule has 2 rings (SSSR count). The summed E-state index contributed by atoms with van der Waals surface area (Å²) in [6.45, 7) is 7.49. The SMILES string of the molecule is Cc1cccc(OC(C)C(=O)N(C)CC(=O)Nc2c(C)cccc2C)c1. The molecule has 2 aromatic carbocycles. The topological polar surface area (TPSA) is 58.6 Å². The van der Waals surface area contributed by atoms with Crippen LogP contribution in [0.4, 0.5) is 5.69 Å². The van der Waals surface area contributed by atoms with Crippen molar-refractivity contribution in [2.24, 2.45) is 0 Å². The number of anilines is 1. The van der Waals surface area contributed by atoms with E-state index in [4.69, 9.17) is 4.74 Å². The van der Waals surface area contributed by atoms with Gasteiger partial charge in [0, 0.05) is 12.7 Å². The van der Waals surface area contributed by atoms with Gasteiger partial charge in [0.25, 0.3) is 5.91 Å². The lowest BCUT2D eigenvalue weighted by Crippen LogP contribution is -2.42. The van der Waals surface area contributed by atoms with E-state index in [9.17, 15) is 9.59 Å². The first-order valence-corrected chi connectivity index (χ1v) is 8.62. The molecule has 138 valence electrons. The molecule has 1 unspecified atom stereocenters. The van der Waals surface area contributed by atoms with Gasteiger partial charge in [0.15, 0.2) is 6.10 Å². The van der Waals surface area contributed by atoms with Gasteiger partial charge in [-0.3, -0.25) is 9.59 Å². The van der Waals surface area contributed by atoms with Crippen molar-refractivity contribution in [2.75, 3.05) is 18.9 Å². The zero-order chi connectivity index (χ0) is 19.3. The number of carbonyl (C=O) groups is 2. The van der Waals surface area contributed by atoms with Crippen molar-refractivity contribution >= 4 is 17.5 Å². The maximum Gasteiger partial charge on any atom is 0.263 e. The minimum absolute atomic E-state index is 0.0336. The number of benzene rings is 2. The largest absolute Gasteiger partial charge is 0.481 e. The number of ether oxygens (including phenoxy) is 1. The van der Waals surface area contributed by atoms with Crippen LogP contribution in [0.25, 0.3) is 0 Å². The summed E-state index contributed by atoms with van der Waals surface area (Å²) in [4.78, 5) is 26.2. The molecule has 0 aliphatic rings. The van der Waals surface area contributed by atoms with E-state index in [1.165, 1.54) is 4.90 Å². The van der Waals surface area contributed by atoms with Gasteiger partial charge in [0.05, 0.1) is 6.54 Å². The lowest BCUT2D eigenvalue weighted by molar-refractivity contribution is -0.139. The molecule has 0 heterocycles. The van der Waals surface area contributed by atoms with Crippen LogP contribution in [-0.4, -0.2) is 36.4 Å².